The van der Waals surface area contributed by atoms with E-state index in [1.54, 1.807) is 0 Å². The Morgan fingerprint density at radius 1 is 1.26 bits per heavy atom. The molecule has 0 bridgehead atoms. The second-order valence-corrected chi connectivity index (χ2v) is 6.32. The summed E-state index contributed by atoms with van der Waals surface area (Å²) in [6, 6.07) is 9.00. The number of morpholine rings is 1. The zero-order valence-electron chi connectivity index (χ0n) is 11.9. The van der Waals surface area contributed by atoms with Crippen LogP contribution in [-0.2, 0) is 10.2 Å². The van der Waals surface area contributed by atoms with Crippen molar-refractivity contribution in [1.29, 1.82) is 0 Å². The number of rotatable bonds is 3. The lowest BCUT2D eigenvalue weighted by Crippen LogP contribution is -2.50. The molecule has 1 aromatic rings. The third kappa shape index (κ3) is 2.63. The van der Waals surface area contributed by atoms with Crippen molar-refractivity contribution in [2.75, 3.05) is 25.4 Å². The lowest BCUT2D eigenvalue weighted by atomic mass is 9.94. The maximum Gasteiger partial charge on any atom is 0.0674 e. The Labute approximate surface area is 115 Å². The highest BCUT2D eigenvalue weighted by atomic mass is 16.5. The van der Waals surface area contributed by atoms with Crippen LogP contribution >= 0.6 is 0 Å². The van der Waals surface area contributed by atoms with Crippen molar-refractivity contribution < 1.29 is 4.74 Å². The first-order valence-electron chi connectivity index (χ1n) is 7.31. The Bertz CT molecular complexity index is 439. The van der Waals surface area contributed by atoms with E-state index in [1.807, 2.05) is 12.1 Å². The van der Waals surface area contributed by atoms with Crippen LogP contribution in [0.4, 0.5) is 5.69 Å². The molecule has 104 valence electrons. The van der Waals surface area contributed by atoms with Crippen LogP contribution in [0.15, 0.2) is 24.3 Å². The van der Waals surface area contributed by atoms with Gasteiger partial charge in [0.05, 0.1) is 12.7 Å². The molecule has 2 fully saturated rings. The normalized spacial score (nSPS) is 30.2. The van der Waals surface area contributed by atoms with Crippen molar-refractivity contribution >= 4 is 5.69 Å². The molecule has 0 aromatic heterocycles. The molecule has 1 saturated heterocycles. The highest BCUT2D eigenvalue weighted by molar-refractivity contribution is 5.43. The Morgan fingerprint density at radius 2 is 1.95 bits per heavy atom. The van der Waals surface area contributed by atoms with Crippen LogP contribution < -0.4 is 5.73 Å². The minimum Gasteiger partial charge on any atom is -0.399 e. The molecule has 2 unspecified atom stereocenters. The summed E-state index contributed by atoms with van der Waals surface area (Å²) in [5.74, 6) is 0. The van der Waals surface area contributed by atoms with E-state index in [0.29, 0.717) is 17.6 Å². The van der Waals surface area contributed by atoms with Crippen molar-refractivity contribution in [2.24, 2.45) is 0 Å². The van der Waals surface area contributed by atoms with Crippen LogP contribution in [0.25, 0.3) is 0 Å². The standard InChI is InChI=1S/C16H24N2O/c1-12-10-19-13(2)9-18(12)11-16(7-8-16)14-3-5-15(17)6-4-14/h3-6,12-13H,7-11,17H2,1-2H3. The lowest BCUT2D eigenvalue weighted by molar-refractivity contribution is -0.0522. The maximum absolute atomic E-state index is 5.79. The van der Waals surface area contributed by atoms with Gasteiger partial charge in [-0.3, -0.25) is 4.90 Å². The van der Waals surface area contributed by atoms with E-state index in [4.69, 9.17) is 10.5 Å². The van der Waals surface area contributed by atoms with E-state index in [9.17, 15) is 0 Å². The highest BCUT2D eigenvalue weighted by Crippen LogP contribution is 2.49. The minimum absolute atomic E-state index is 0.360. The molecule has 1 aliphatic heterocycles. The van der Waals surface area contributed by atoms with Crippen molar-refractivity contribution in [2.45, 2.75) is 44.2 Å². The van der Waals surface area contributed by atoms with Gasteiger partial charge in [0.1, 0.15) is 0 Å². The van der Waals surface area contributed by atoms with Crippen molar-refractivity contribution in [3.05, 3.63) is 29.8 Å². The molecule has 0 radical (unpaired) electrons. The summed E-state index contributed by atoms with van der Waals surface area (Å²) in [6.07, 6.45) is 2.96. The molecule has 2 N–H and O–H groups in total. The average Bonchev–Trinajstić information content (AvgIpc) is 3.16. The van der Waals surface area contributed by atoms with Gasteiger partial charge in [-0.1, -0.05) is 12.1 Å². The summed E-state index contributed by atoms with van der Waals surface area (Å²) in [6.45, 7) is 7.51. The molecular weight excluding hydrogens is 236 g/mol. The van der Waals surface area contributed by atoms with E-state index in [-0.39, 0.29) is 0 Å². The van der Waals surface area contributed by atoms with Gasteiger partial charge in [0, 0.05) is 30.2 Å². The molecule has 19 heavy (non-hydrogen) atoms. The van der Waals surface area contributed by atoms with Crippen LogP contribution in [0.5, 0.6) is 0 Å². The predicted molar refractivity (Wildman–Crippen MR) is 78.2 cm³/mol. The van der Waals surface area contributed by atoms with Crippen molar-refractivity contribution in [1.82, 2.24) is 4.90 Å². The third-order valence-corrected chi connectivity index (χ3v) is 4.62. The molecule has 0 amide bonds. The van der Waals surface area contributed by atoms with Crippen molar-refractivity contribution in [3.63, 3.8) is 0 Å². The summed E-state index contributed by atoms with van der Waals surface area (Å²) in [7, 11) is 0. The molecule has 1 aliphatic carbocycles. The van der Waals surface area contributed by atoms with Gasteiger partial charge in [-0.05, 0) is 44.4 Å². The molecule has 1 saturated carbocycles. The molecule has 3 nitrogen and oxygen atoms in total. The van der Waals surface area contributed by atoms with Gasteiger partial charge in [-0.15, -0.1) is 0 Å². The fourth-order valence-electron chi connectivity index (χ4n) is 3.11. The summed E-state index contributed by atoms with van der Waals surface area (Å²) in [5, 5.41) is 0. The van der Waals surface area contributed by atoms with Gasteiger partial charge in [0.15, 0.2) is 0 Å². The van der Waals surface area contributed by atoms with Gasteiger partial charge >= 0.3 is 0 Å². The summed E-state index contributed by atoms with van der Waals surface area (Å²) >= 11 is 0. The first kappa shape index (κ1) is 12.9. The fourth-order valence-corrected chi connectivity index (χ4v) is 3.11. The molecule has 0 spiro atoms. The number of hydrogen-bond donors (Lipinski definition) is 1. The highest BCUT2D eigenvalue weighted by Gasteiger charge is 2.46. The molecule has 3 heteroatoms. The SMILES string of the molecule is CC1CN(CC2(c3ccc(N)cc3)CC2)C(C)CO1. The van der Waals surface area contributed by atoms with Crippen LogP contribution in [0.2, 0.25) is 0 Å². The van der Waals surface area contributed by atoms with Crippen LogP contribution in [0, 0.1) is 0 Å². The Kier molecular flexibility index (Phi) is 3.27. The molecule has 2 atom stereocenters. The Morgan fingerprint density at radius 3 is 2.58 bits per heavy atom. The lowest BCUT2D eigenvalue weighted by Gasteiger charge is -2.39. The van der Waals surface area contributed by atoms with E-state index < -0.39 is 0 Å². The second-order valence-electron chi connectivity index (χ2n) is 6.32. The molecule has 3 rings (SSSR count). The first-order valence-corrected chi connectivity index (χ1v) is 7.31. The number of nitrogens with zero attached hydrogens (tertiary/aromatic N) is 1. The van der Waals surface area contributed by atoms with Crippen LogP contribution in [0.3, 0.4) is 0 Å². The van der Waals surface area contributed by atoms with E-state index >= 15 is 0 Å². The number of hydrogen-bond acceptors (Lipinski definition) is 3. The van der Waals surface area contributed by atoms with Gasteiger partial charge < -0.3 is 10.5 Å². The zero-order valence-corrected chi connectivity index (χ0v) is 11.9. The predicted octanol–water partition coefficient (Wildman–Crippen LogP) is 2.41. The number of anilines is 1. The Balaban J connectivity index is 1.73. The van der Waals surface area contributed by atoms with E-state index in [1.165, 1.54) is 18.4 Å². The van der Waals surface area contributed by atoms with Gasteiger partial charge in [-0.2, -0.15) is 0 Å². The zero-order chi connectivity index (χ0) is 13.5. The topological polar surface area (TPSA) is 38.5 Å². The summed E-state index contributed by atoms with van der Waals surface area (Å²) in [4.78, 5) is 2.59. The van der Waals surface area contributed by atoms with Crippen LogP contribution in [-0.4, -0.2) is 36.7 Å². The fraction of sp³-hybridized carbons (Fsp3) is 0.625. The monoisotopic (exact) mass is 260 g/mol. The molecule has 1 aromatic carbocycles. The molecule has 2 aliphatic rings. The van der Waals surface area contributed by atoms with Crippen LogP contribution in [0.1, 0.15) is 32.3 Å². The maximum atomic E-state index is 5.79. The second kappa shape index (κ2) is 4.80. The van der Waals surface area contributed by atoms with Crippen molar-refractivity contribution in [3.8, 4) is 0 Å². The third-order valence-electron chi connectivity index (χ3n) is 4.62. The molecule has 1 heterocycles. The molecular formula is C16H24N2O. The number of ether oxygens (including phenoxy) is 1. The first-order chi connectivity index (χ1) is 9.09. The summed E-state index contributed by atoms with van der Waals surface area (Å²) in [5.41, 5.74) is 8.47. The van der Waals surface area contributed by atoms with Gasteiger partial charge in [0.2, 0.25) is 0 Å². The smallest absolute Gasteiger partial charge is 0.0674 e. The largest absolute Gasteiger partial charge is 0.399 e. The van der Waals surface area contributed by atoms with E-state index in [2.05, 4.69) is 30.9 Å². The van der Waals surface area contributed by atoms with E-state index in [0.717, 1.165) is 25.4 Å². The average molecular weight is 260 g/mol. The minimum atomic E-state index is 0.360. The number of nitrogen functional groups attached to an aromatic ring is 1. The Hall–Kier alpha value is -1.06. The summed E-state index contributed by atoms with van der Waals surface area (Å²) < 4.78 is 5.72. The quantitative estimate of drug-likeness (QED) is 0.848. The van der Waals surface area contributed by atoms with Gasteiger partial charge in [0.25, 0.3) is 0 Å². The van der Waals surface area contributed by atoms with Gasteiger partial charge in [-0.25, -0.2) is 0 Å². The number of nitrogens with two attached hydrogens (primary N) is 1. The number of benzene rings is 1.